The van der Waals surface area contributed by atoms with Crippen molar-refractivity contribution in [2.24, 2.45) is 11.3 Å². The number of nitrogens with one attached hydrogen (secondary N) is 2. The largest absolute Gasteiger partial charge is 0.429 e. The average molecular weight is 322 g/mol. The Labute approximate surface area is 134 Å². The summed E-state index contributed by atoms with van der Waals surface area (Å²) in [5, 5.41) is 13.1. The van der Waals surface area contributed by atoms with Crippen LogP contribution >= 0.6 is 12.2 Å². The lowest BCUT2D eigenvalue weighted by Crippen LogP contribution is -2.43. The molecule has 0 aliphatic rings. The van der Waals surface area contributed by atoms with Gasteiger partial charge in [0, 0.05) is 17.5 Å². The first-order valence-corrected chi connectivity index (χ1v) is 7.70. The Hall–Kier alpha value is -1.66. The second-order valence-electron chi connectivity index (χ2n) is 6.59. The van der Waals surface area contributed by atoms with Gasteiger partial charge in [-0.2, -0.15) is 0 Å². The molecular formula is C16H22N2O3S. The number of aliphatic hydroxyl groups excluding tert-OH is 1. The number of fused-ring (bicyclic) bond motifs is 1. The maximum atomic E-state index is 12.3. The van der Waals surface area contributed by atoms with Crippen LogP contribution in [0.4, 0.5) is 0 Å². The van der Waals surface area contributed by atoms with Crippen molar-refractivity contribution in [3.05, 3.63) is 28.6 Å². The van der Waals surface area contributed by atoms with Crippen molar-refractivity contribution in [2.75, 3.05) is 6.54 Å². The van der Waals surface area contributed by atoms with E-state index in [-0.39, 0.29) is 16.7 Å². The maximum Gasteiger partial charge on any atom is 0.266 e. The fourth-order valence-corrected chi connectivity index (χ4v) is 2.70. The van der Waals surface area contributed by atoms with Gasteiger partial charge in [0.1, 0.15) is 0 Å². The van der Waals surface area contributed by atoms with Crippen LogP contribution in [0, 0.1) is 16.2 Å². The van der Waals surface area contributed by atoms with Crippen molar-refractivity contribution >= 4 is 29.2 Å². The zero-order valence-electron chi connectivity index (χ0n) is 13.3. The van der Waals surface area contributed by atoms with Gasteiger partial charge < -0.3 is 19.8 Å². The van der Waals surface area contributed by atoms with Crippen molar-refractivity contribution in [2.45, 2.75) is 33.8 Å². The minimum Gasteiger partial charge on any atom is -0.429 e. The Balaban J connectivity index is 2.09. The molecule has 0 bridgehead atoms. The lowest BCUT2D eigenvalue weighted by Gasteiger charge is -2.33. The van der Waals surface area contributed by atoms with Crippen molar-refractivity contribution in [1.82, 2.24) is 10.3 Å². The van der Waals surface area contributed by atoms with Crippen LogP contribution in [0.15, 0.2) is 22.6 Å². The number of aromatic amines is 1. The Bertz CT molecular complexity index is 730. The van der Waals surface area contributed by atoms with Crippen LogP contribution in [-0.4, -0.2) is 28.6 Å². The Kier molecular flexibility index (Phi) is 4.72. The second-order valence-corrected chi connectivity index (χ2v) is 6.96. The molecule has 0 spiro atoms. The topological polar surface area (TPSA) is 78.3 Å². The van der Waals surface area contributed by atoms with E-state index in [2.05, 4.69) is 10.3 Å². The summed E-state index contributed by atoms with van der Waals surface area (Å²) in [6.07, 6.45) is -0.488. The minimum absolute atomic E-state index is 0.132. The average Bonchev–Trinajstić information content (AvgIpc) is 2.82. The van der Waals surface area contributed by atoms with Gasteiger partial charge in [0.25, 0.3) is 10.7 Å². The SMILES string of the molecule is CC(C)C(O)C(C)(C)CNC(=O)c1ccc2[nH]c(=S)oc2c1. The molecule has 1 amide bonds. The number of oxazole rings is 1. The number of carbonyl (C=O) groups excluding carboxylic acids is 1. The van der Waals surface area contributed by atoms with Crippen LogP contribution in [0.3, 0.4) is 0 Å². The minimum atomic E-state index is -0.488. The van der Waals surface area contributed by atoms with Crippen molar-refractivity contribution < 1.29 is 14.3 Å². The highest BCUT2D eigenvalue weighted by Crippen LogP contribution is 2.25. The molecule has 22 heavy (non-hydrogen) atoms. The molecule has 1 aromatic heterocycles. The molecule has 3 N–H and O–H groups in total. The molecular weight excluding hydrogens is 300 g/mol. The smallest absolute Gasteiger partial charge is 0.266 e. The molecule has 0 radical (unpaired) electrons. The highest BCUT2D eigenvalue weighted by Gasteiger charge is 2.30. The Morgan fingerprint density at radius 2 is 2.14 bits per heavy atom. The van der Waals surface area contributed by atoms with Crippen LogP contribution in [0.1, 0.15) is 38.1 Å². The lowest BCUT2D eigenvalue weighted by atomic mass is 9.80. The molecule has 1 aromatic carbocycles. The normalized spacial score (nSPS) is 13.5. The maximum absolute atomic E-state index is 12.3. The fourth-order valence-electron chi connectivity index (χ4n) is 2.50. The summed E-state index contributed by atoms with van der Waals surface area (Å²) in [4.78, 5) is 15.4. The van der Waals surface area contributed by atoms with E-state index in [1.807, 2.05) is 27.7 Å². The molecule has 1 atom stereocenters. The molecule has 2 aromatic rings. The van der Waals surface area contributed by atoms with E-state index >= 15 is 0 Å². The van der Waals surface area contributed by atoms with Gasteiger partial charge in [-0.3, -0.25) is 4.79 Å². The first kappa shape index (κ1) is 16.7. The summed E-state index contributed by atoms with van der Waals surface area (Å²) in [5.41, 5.74) is 1.41. The van der Waals surface area contributed by atoms with Gasteiger partial charge >= 0.3 is 0 Å². The van der Waals surface area contributed by atoms with E-state index in [4.69, 9.17) is 16.6 Å². The van der Waals surface area contributed by atoms with Crippen LogP contribution in [0.5, 0.6) is 0 Å². The number of benzene rings is 1. The zero-order chi connectivity index (χ0) is 16.5. The van der Waals surface area contributed by atoms with Crippen molar-refractivity contribution in [3.63, 3.8) is 0 Å². The van der Waals surface area contributed by atoms with Crippen LogP contribution in [0.2, 0.25) is 0 Å². The van der Waals surface area contributed by atoms with E-state index in [1.54, 1.807) is 18.2 Å². The van der Waals surface area contributed by atoms with Crippen LogP contribution in [0.25, 0.3) is 11.1 Å². The summed E-state index contributed by atoms with van der Waals surface area (Å²) in [6.45, 7) is 8.18. The summed E-state index contributed by atoms with van der Waals surface area (Å²) >= 11 is 4.92. The molecule has 1 heterocycles. The van der Waals surface area contributed by atoms with Crippen molar-refractivity contribution in [3.8, 4) is 0 Å². The van der Waals surface area contributed by atoms with Crippen LogP contribution in [-0.2, 0) is 0 Å². The molecule has 0 fully saturated rings. The number of aliphatic hydroxyl groups is 1. The molecule has 1 unspecified atom stereocenters. The first-order chi connectivity index (χ1) is 10.2. The van der Waals surface area contributed by atoms with Gasteiger partial charge in [-0.15, -0.1) is 0 Å². The zero-order valence-corrected chi connectivity index (χ0v) is 14.1. The van der Waals surface area contributed by atoms with E-state index in [9.17, 15) is 9.90 Å². The van der Waals surface area contributed by atoms with Gasteiger partial charge in [0.2, 0.25) is 0 Å². The molecule has 0 aliphatic heterocycles. The highest BCUT2D eigenvalue weighted by atomic mass is 32.1. The number of H-pyrrole nitrogens is 1. The summed E-state index contributed by atoms with van der Waals surface area (Å²) in [7, 11) is 0. The van der Waals surface area contributed by atoms with E-state index in [0.717, 1.165) is 5.52 Å². The standard InChI is InChI=1S/C16H22N2O3S/c1-9(2)13(19)16(3,4)8-17-14(20)10-5-6-11-12(7-10)21-15(22)18-11/h5-7,9,13,19H,8H2,1-4H3,(H,17,20)(H,18,22). The lowest BCUT2D eigenvalue weighted by molar-refractivity contribution is 0.0138. The monoisotopic (exact) mass is 322 g/mol. The Morgan fingerprint density at radius 3 is 2.77 bits per heavy atom. The summed E-state index contributed by atoms with van der Waals surface area (Å²) in [6, 6.07) is 5.13. The predicted octanol–water partition coefficient (Wildman–Crippen LogP) is 3.26. The highest BCUT2D eigenvalue weighted by molar-refractivity contribution is 7.71. The first-order valence-electron chi connectivity index (χ1n) is 7.30. The van der Waals surface area contributed by atoms with E-state index in [1.165, 1.54) is 0 Å². The van der Waals surface area contributed by atoms with Gasteiger partial charge in [-0.1, -0.05) is 27.7 Å². The molecule has 2 rings (SSSR count). The molecule has 0 aliphatic carbocycles. The Morgan fingerprint density at radius 1 is 1.45 bits per heavy atom. The number of rotatable bonds is 5. The summed E-state index contributed by atoms with van der Waals surface area (Å²) in [5.74, 6) is -0.0689. The molecule has 5 nitrogen and oxygen atoms in total. The number of hydrogen-bond donors (Lipinski definition) is 3. The quantitative estimate of drug-likeness (QED) is 0.738. The molecule has 120 valence electrons. The van der Waals surface area contributed by atoms with Gasteiger partial charge in [-0.25, -0.2) is 0 Å². The summed E-state index contributed by atoms with van der Waals surface area (Å²) < 4.78 is 5.31. The van der Waals surface area contributed by atoms with Crippen molar-refractivity contribution in [1.29, 1.82) is 0 Å². The molecule has 0 saturated carbocycles. The molecule has 0 saturated heterocycles. The fraction of sp³-hybridized carbons (Fsp3) is 0.500. The van der Waals surface area contributed by atoms with E-state index in [0.29, 0.717) is 17.7 Å². The second kappa shape index (κ2) is 6.22. The third-order valence-corrected chi connectivity index (χ3v) is 4.01. The van der Waals surface area contributed by atoms with Gasteiger partial charge in [0.05, 0.1) is 11.6 Å². The van der Waals surface area contributed by atoms with Gasteiger partial charge in [-0.05, 0) is 36.3 Å². The van der Waals surface area contributed by atoms with Gasteiger partial charge in [0.15, 0.2) is 5.58 Å². The molecule has 6 heteroatoms. The number of aromatic nitrogens is 1. The van der Waals surface area contributed by atoms with Crippen LogP contribution < -0.4 is 5.32 Å². The third-order valence-electron chi connectivity index (χ3n) is 3.82. The third kappa shape index (κ3) is 3.56. The number of amides is 1. The number of carbonyl (C=O) groups is 1. The predicted molar refractivity (Wildman–Crippen MR) is 88.4 cm³/mol. The number of hydrogen-bond acceptors (Lipinski definition) is 4. The van der Waals surface area contributed by atoms with E-state index < -0.39 is 11.5 Å².